The first-order valence-electron chi connectivity index (χ1n) is 11.1. The Labute approximate surface area is 200 Å². The molecule has 0 atom stereocenters. The number of sulfone groups is 1. The van der Waals surface area contributed by atoms with E-state index in [1.807, 2.05) is 115 Å². The van der Waals surface area contributed by atoms with Crippen LogP contribution in [0.2, 0.25) is 0 Å². The Morgan fingerprint density at radius 3 is 1.79 bits per heavy atom. The molecule has 4 aromatic carbocycles. The first kappa shape index (κ1) is 21.9. The van der Waals surface area contributed by atoms with Gasteiger partial charge in [0.05, 0.1) is 17.1 Å². The molecule has 4 nitrogen and oxygen atoms in total. The number of rotatable bonds is 6. The maximum absolute atomic E-state index is 14.1. The van der Waals surface area contributed by atoms with Crippen LogP contribution in [-0.4, -0.2) is 18.2 Å². The molecule has 168 valence electrons. The van der Waals surface area contributed by atoms with Gasteiger partial charge < -0.3 is 0 Å². The smallest absolute Gasteiger partial charge is 0.210 e. The Balaban J connectivity index is 1.83. The van der Waals surface area contributed by atoms with E-state index >= 15 is 0 Å². The maximum Gasteiger partial charge on any atom is 0.210 e. The van der Waals surface area contributed by atoms with E-state index in [-0.39, 0.29) is 9.79 Å². The van der Waals surface area contributed by atoms with E-state index in [1.165, 1.54) is 0 Å². The van der Waals surface area contributed by atoms with Crippen molar-refractivity contribution in [2.45, 2.75) is 23.3 Å². The van der Waals surface area contributed by atoms with Crippen LogP contribution < -0.4 is 0 Å². The van der Waals surface area contributed by atoms with E-state index in [1.54, 1.807) is 12.1 Å². The van der Waals surface area contributed by atoms with Crippen molar-refractivity contribution in [3.05, 3.63) is 126 Å². The zero-order valence-corrected chi connectivity index (χ0v) is 19.6. The minimum absolute atomic E-state index is 0.227. The summed E-state index contributed by atoms with van der Waals surface area (Å²) in [6.45, 7) is 2.40. The molecule has 1 aromatic heterocycles. The Bertz CT molecular complexity index is 1510. The molecule has 5 rings (SSSR count). The van der Waals surface area contributed by atoms with Crippen LogP contribution in [0.15, 0.2) is 125 Å². The Hall–Kier alpha value is -3.96. The van der Waals surface area contributed by atoms with Crippen molar-refractivity contribution in [2.75, 3.05) is 0 Å². The fourth-order valence-electron chi connectivity index (χ4n) is 4.07. The van der Waals surface area contributed by atoms with E-state index in [0.29, 0.717) is 17.9 Å². The summed E-state index contributed by atoms with van der Waals surface area (Å²) in [5, 5.41) is 4.90. The Morgan fingerprint density at radius 2 is 1.21 bits per heavy atom. The molecule has 0 unspecified atom stereocenters. The number of nitrogens with zero attached hydrogens (tertiary/aromatic N) is 2. The lowest BCUT2D eigenvalue weighted by molar-refractivity contribution is 0.596. The molecule has 0 saturated heterocycles. The molecule has 0 aliphatic heterocycles. The van der Waals surface area contributed by atoms with Gasteiger partial charge >= 0.3 is 0 Å². The van der Waals surface area contributed by atoms with Gasteiger partial charge in [-0.15, -0.1) is 0 Å². The topological polar surface area (TPSA) is 52.0 Å². The SMILES string of the molecule is Cc1ccc(S(=O)(=O)c2c(-c3ccccc3)nn(Cc3ccccc3)c2-c2ccccc2)cc1. The van der Waals surface area contributed by atoms with E-state index in [9.17, 15) is 8.42 Å². The highest BCUT2D eigenvalue weighted by Crippen LogP contribution is 2.39. The summed E-state index contributed by atoms with van der Waals surface area (Å²) in [6.07, 6.45) is 0. The summed E-state index contributed by atoms with van der Waals surface area (Å²) in [5.74, 6) is 0. The van der Waals surface area contributed by atoms with Crippen molar-refractivity contribution in [3.63, 3.8) is 0 Å². The van der Waals surface area contributed by atoms with Crippen LogP contribution in [0.5, 0.6) is 0 Å². The number of aryl methyl sites for hydroxylation is 1. The molecule has 0 amide bonds. The van der Waals surface area contributed by atoms with Gasteiger partial charge in [-0.1, -0.05) is 109 Å². The zero-order chi connectivity index (χ0) is 23.5. The maximum atomic E-state index is 14.1. The third-order valence-electron chi connectivity index (χ3n) is 5.78. The fraction of sp³-hybridized carbons (Fsp3) is 0.0690. The predicted molar refractivity (Wildman–Crippen MR) is 135 cm³/mol. The molecule has 0 radical (unpaired) electrons. The first-order chi connectivity index (χ1) is 16.5. The van der Waals surface area contributed by atoms with Gasteiger partial charge in [-0.25, -0.2) is 8.42 Å². The monoisotopic (exact) mass is 464 g/mol. The zero-order valence-electron chi connectivity index (χ0n) is 18.8. The lowest BCUT2D eigenvalue weighted by Gasteiger charge is -2.12. The van der Waals surface area contributed by atoms with Gasteiger partial charge in [-0.2, -0.15) is 5.10 Å². The highest BCUT2D eigenvalue weighted by Gasteiger charge is 2.31. The van der Waals surface area contributed by atoms with Crippen molar-refractivity contribution < 1.29 is 8.42 Å². The third-order valence-corrected chi connectivity index (χ3v) is 7.60. The standard InChI is InChI=1S/C29H24N2O2S/c1-22-17-19-26(20-18-22)34(32,33)29-27(24-13-7-3-8-14-24)30-31(21-23-11-5-2-6-12-23)28(29)25-15-9-4-10-16-25/h2-20H,21H2,1H3. The van der Waals surface area contributed by atoms with Crippen LogP contribution in [-0.2, 0) is 16.4 Å². The van der Waals surface area contributed by atoms with Gasteiger partial charge in [-0.3, -0.25) is 4.68 Å². The molecular weight excluding hydrogens is 440 g/mol. The molecule has 1 heterocycles. The lowest BCUT2D eigenvalue weighted by atomic mass is 10.1. The van der Waals surface area contributed by atoms with Crippen LogP contribution in [0.1, 0.15) is 11.1 Å². The highest BCUT2D eigenvalue weighted by atomic mass is 32.2. The van der Waals surface area contributed by atoms with Gasteiger partial charge in [0.2, 0.25) is 9.84 Å². The molecule has 0 bridgehead atoms. The molecule has 0 aliphatic carbocycles. The summed E-state index contributed by atoms with van der Waals surface area (Å²) >= 11 is 0. The summed E-state index contributed by atoms with van der Waals surface area (Å²) in [7, 11) is -3.87. The molecule has 0 spiro atoms. The van der Waals surface area contributed by atoms with Crippen LogP contribution >= 0.6 is 0 Å². The molecule has 5 aromatic rings. The Kier molecular flexibility index (Phi) is 5.86. The second kappa shape index (κ2) is 9.12. The van der Waals surface area contributed by atoms with Crippen LogP contribution in [0, 0.1) is 6.92 Å². The van der Waals surface area contributed by atoms with Crippen molar-refractivity contribution in [1.82, 2.24) is 9.78 Å². The average Bonchev–Trinajstić information content (AvgIpc) is 3.26. The predicted octanol–water partition coefficient (Wildman–Crippen LogP) is 6.41. The van der Waals surface area contributed by atoms with Crippen LogP contribution in [0.25, 0.3) is 22.5 Å². The van der Waals surface area contributed by atoms with Gasteiger partial charge in [0.25, 0.3) is 0 Å². The molecule has 5 heteroatoms. The number of aromatic nitrogens is 2. The van der Waals surface area contributed by atoms with Crippen molar-refractivity contribution in [2.24, 2.45) is 0 Å². The number of hydrogen-bond acceptors (Lipinski definition) is 3. The van der Waals surface area contributed by atoms with Crippen molar-refractivity contribution in [1.29, 1.82) is 0 Å². The quantitative estimate of drug-likeness (QED) is 0.292. The summed E-state index contributed by atoms with van der Waals surface area (Å²) in [5.41, 5.74) is 4.65. The minimum atomic E-state index is -3.87. The van der Waals surface area contributed by atoms with E-state index < -0.39 is 9.84 Å². The van der Waals surface area contributed by atoms with Crippen LogP contribution in [0.3, 0.4) is 0 Å². The molecule has 0 saturated carbocycles. The minimum Gasteiger partial charge on any atom is -0.258 e. The van der Waals surface area contributed by atoms with Gasteiger partial charge in [0, 0.05) is 11.1 Å². The van der Waals surface area contributed by atoms with Crippen molar-refractivity contribution in [3.8, 4) is 22.5 Å². The number of benzene rings is 4. The largest absolute Gasteiger partial charge is 0.258 e. The molecular formula is C29H24N2O2S. The van der Waals surface area contributed by atoms with E-state index in [4.69, 9.17) is 5.10 Å². The van der Waals surface area contributed by atoms with Crippen molar-refractivity contribution >= 4 is 9.84 Å². The molecule has 34 heavy (non-hydrogen) atoms. The lowest BCUT2D eigenvalue weighted by Crippen LogP contribution is -2.07. The summed E-state index contributed by atoms with van der Waals surface area (Å²) in [4.78, 5) is 0.483. The Morgan fingerprint density at radius 1 is 0.676 bits per heavy atom. The highest BCUT2D eigenvalue weighted by molar-refractivity contribution is 7.91. The average molecular weight is 465 g/mol. The normalized spacial score (nSPS) is 11.4. The van der Waals surface area contributed by atoms with E-state index in [0.717, 1.165) is 22.3 Å². The van der Waals surface area contributed by atoms with Gasteiger partial charge in [0.15, 0.2) is 0 Å². The van der Waals surface area contributed by atoms with Gasteiger partial charge in [0.1, 0.15) is 10.6 Å². The summed E-state index contributed by atoms with van der Waals surface area (Å²) < 4.78 is 30.1. The second-order valence-corrected chi connectivity index (χ2v) is 10.1. The molecule has 0 fully saturated rings. The summed E-state index contributed by atoms with van der Waals surface area (Å²) in [6, 6.07) is 36.1. The second-order valence-electron chi connectivity index (χ2n) is 8.22. The third kappa shape index (κ3) is 4.18. The van der Waals surface area contributed by atoms with E-state index in [2.05, 4.69) is 0 Å². The van der Waals surface area contributed by atoms with Gasteiger partial charge in [-0.05, 0) is 24.6 Å². The molecule has 0 N–H and O–H groups in total. The number of hydrogen-bond donors (Lipinski definition) is 0. The fourth-order valence-corrected chi connectivity index (χ4v) is 5.69. The first-order valence-corrected chi connectivity index (χ1v) is 12.6. The van der Waals surface area contributed by atoms with Crippen LogP contribution in [0.4, 0.5) is 0 Å². The molecule has 0 aliphatic rings.